The molecule has 0 saturated carbocycles. The maximum absolute atomic E-state index is 11.3. The van der Waals surface area contributed by atoms with Gasteiger partial charge in [0.1, 0.15) is 5.82 Å². The van der Waals surface area contributed by atoms with E-state index in [2.05, 4.69) is 21.8 Å². The average Bonchev–Trinajstić information content (AvgIpc) is 2.81. The van der Waals surface area contributed by atoms with Gasteiger partial charge in [0.25, 0.3) is 0 Å². The third kappa shape index (κ3) is 2.39. The van der Waals surface area contributed by atoms with E-state index in [-0.39, 0.29) is 5.69 Å². The van der Waals surface area contributed by atoms with Crippen LogP contribution in [0.4, 0.5) is 0 Å². The maximum atomic E-state index is 11.3. The predicted molar refractivity (Wildman–Crippen MR) is 74.9 cm³/mol. The van der Waals surface area contributed by atoms with Gasteiger partial charge in [-0.05, 0) is 19.2 Å². The van der Waals surface area contributed by atoms with E-state index >= 15 is 0 Å². The number of fused-ring (bicyclic) bond motifs is 1. The lowest BCUT2D eigenvalue weighted by Gasteiger charge is -2.31. The number of carboxylic acids is 1. The van der Waals surface area contributed by atoms with Crippen molar-refractivity contribution >= 4 is 11.5 Å². The van der Waals surface area contributed by atoms with Gasteiger partial charge in [0, 0.05) is 32.4 Å². The summed E-state index contributed by atoms with van der Waals surface area (Å²) in [4.78, 5) is 20.2. The van der Waals surface area contributed by atoms with Gasteiger partial charge in [-0.25, -0.2) is 9.78 Å². The molecule has 3 rings (SSSR count). The van der Waals surface area contributed by atoms with Crippen molar-refractivity contribution in [2.45, 2.75) is 6.54 Å². The number of aromatic carboxylic acids is 1. The molecule has 0 bridgehead atoms. The minimum Gasteiger partial charge on any atom is -0.476 e. The Kier molecular flexibility index (Phi) is 3.42. The maximum Gasteiger partial charge on any atom is 0.356 e. The summed E-state index contributed by atoms with van der Waals surface area (Å²) in [5.41, 5.74) is 0.791. The van der Waals surface area contributed by atoms with E-state index in [9.17, 15) is 9.90 Å². The molecule has 0 unspecified atom stereocenters. The highest BCUT2D eigenvalue weighted by molar-refractivity contribution is 5.93. The molecular formula is C14H18N4O2. The summed E-state index contributed by atoms with van der Waals surface area (Å²) in [7, 11) is 2.12. The van der Waals surface area contributed by atoms with Crippen LogP contribution in [0.5, 0.6) is 0 Å². The van der Waals surface area contributed by atoms with Crippen LogP contribution in [0.15, 0.2) is 24.4 Å². The van der Waals surface area contributed by atoms with Gasteiger partial charge in [0.2, 0.25) is 0 Å². The zero-order valence-corrected chi connectivity index (χ0v) is 11.5. The highest BCUT2D eigenvalue weighted by Crippen LogP contribution is 2.15. The fourth-order valence-corrected chi connectivity index (χ4v) is 2.58. The quantitative estimate of drug-likeness (QED) is 0.896. The molecule has 0 aromatic carbocycles. The van der Waals surface area contributed by atoms with Crippen LogP contribution >= 0.6 is 0 Å². The first-order valence-corrected chi connectivity index (χ1v) is 6.75. The van der Waals surface area contributed by atoms with Crippen LogP contribution in [0.2, 0.25) is 0 Å². The number of imidazole rings is 1. The second-order valence-corrected chi connectivity index (χ2v) is 5.22. The first-order valence-electron chi connectivity index (χ1n) is 6.75. The van der Waals surface area contributed by atoms with Crippen molar-refractivity contribution in [2.75, 3.05) is 33.2 Å². The fourth-order valence-electron chi connectivity index (χ4n) is 2.58. The summed E-state index contributed by atoms with van der Waals surface area (Å²) in [6.45, 7) is 4.73. The zero-order valence-electron chi connectivity index (χ0n) is 11.5. The average molecular weight is 274 g/mol. The number of nitrogens with zero attached hydrogens (tertiary/aromatic N) is 4. The Hall–Kier alpha value is -1.92. The second kappa shape index (κ2) is 5.22. The molecule has 1 N–H and O–H groups in total. The normalized spacial score (nSPS) is 17.6. The van der Waals surface area contributed by atoms with Crippen LogP contribution in [0.1, 0.15) is 16.3 Å². The highest BCUT2D eigenvalue weighted by Gasteiger charge is 2.20. The van der Waals surface area contributed by atoms with Gasteiger partial charge in [0.05, 0.1) is 12.1 Å². The van der Waals surface area contributed by atoms with Crippen molar-refractivity contribution in [3.8, 4) is 0 Å². The Balaban J connectivity index is 1.90. The number of carboxylic acid groups (broad SMARTS) is 1. The summed E-state index contributed by atoms with van der Waals surface area (Å²) in [6, 6.07) is 5.53. The second-order valence-electron chi connectivity index (χ2n) is 5.22. The molecule has 1 fully saturated rings. The minimum atomic E-state index is -0.974. The molecule has 2 aromatic heterocycles. The lowest BCUT2D eigenvalue weighted by Crippen LogP contribution is -2.44. The van der Waals surface area contributed by atoms with Gasteiger partial charge < -0.3 is 14.4 Å². The first-order chi connectivity index (χ1) is 9.65. The number of rotatable bonds is 3. The van der Waals surface area contributed by atoms with Crippen LogP contribution in [-0.2, 0) is 6.54 Å². The molecule has 6 nitrogen and oxygen atoms in total. The van der Waals surface area contributed by atoms with Crippen molar-refractivity contribution in [3.63, 3.8) is 0 Å². The minimum absolute atomic E-state index is 0.134. The molecular weight excluding hydrogens is 256 g/mol. The molecule has 0 amide bonds. The third-order valence-electron chi connectivity index (χ3n) is 3.78. The standard InChI is InChI=1S/C14H18N4O2/c1-16-6-8-17(9-7-16)10-12-15-13(14(19)20)11-4-2-3-5-18(11)12/h2-5H,6-10H2,1H3,(H,19,20). The lowest BCUT2D eigenvalue weighted by molar-refractivity contribution is 0.0693. The van der Waals surface area contributed by atoms with E-state index in [1.54, 1.807) is 6.07 Å². The molecule has 3 heterocycles. The molecule has 106 valence electrons. The molecule has 0 atom stereocenters. The van der Waals surface area contributed by atoms with Gasteiger partial charge in [-0.3, -0.25) is 4.90 Å². The zero-order chi connectivity index (χ0) is 14.1. The molecule has 20 heavy (non-hydrogen) atoms. The number of hydrogen-bond acceptors (Lipinski definition) is 4. The van der Waals surface area contributed by atoms with Crippen LogP contribution in [0, 0.1) is 0 Å². The van der Waals surface area contributed by atoms with E-state index in [0.29, 0.717) is 12.1 Å². The van der Waals surface area contributed by atoms with E-state index in [1.807, 2.05) is 22.7 Å². The monoisotopic (exact) mass is 274 g/mol. The molecule has 2 aromatic rings. The number of hydrogen-bond donors (Lipinski definition) is 1. The van der Waals surface area contributed by atoms with Gasteiger partial charge in [-0.2, -0.15) is 0 Å². The van der Waals surface area contributed by atoms with E-state index in [1.165, 1.54) is 0 Å². The Bertz CT molecular complexity index is 629. The summed E-state index contributed by atoms with van der Waals surface area (Å²) >= 11 is 0. The number of pyridine rings is 1. The highest BCUT2D eigenvalue weighted by atomic mass is 16.4. The predicted octanol–water partition coefficient (Wildman–Crippen LogP) is 0.780. The summed E-state index contributed by atoms with van der Waals surface area (Å²) in [5, 5.41) is 9.24. The summed E-state index contributed by atoms with van der Waals surface area (Å²) < 4.78 is 1.88. The van der Waals surface area contributed by atoms with E-state index in [0.717, 1.165) is 32.0 Å². The molecule has 1 aliphatic heterocycles. The van der Waals surface area contributed by atoms with Gasteiger partial charge in [-0.1, -0.05) is 6.07 Å². The number of carbonyl (C=O) groups is 1. The largest absolute Gasteiger partial charge is 0.476 e. The van der Waals surface area contributed by atoms with Crippen molar-refractivity contribution in [1.29, 1.82) is 0 Å². The van der Waals surface area contributed by atoms with Gasteiger partial charge >= 0.3 is 5.97 Å². The van der Waals surface area contributed by atoms with Crippen LogP contribution < -0.4 is 0 Å². The molecule has 1 aliphatic rings. The Morgan fingerprint density at radius 3 is 2.75 bits per heavy atom. The van der Waals surface area contributed by atoms with Crippen molar-refractivity contribution in [3.05, 3.63) is 35.9 Å². The van der Waals surface area contributed by atoms with Crippen LogP contribution in [0.25, 0.3) is 5.52 Å². The molecule has 0 aliphatic carbocycles. The Morgan fingerprint density at radius 1 is 1.30 bits per heavy atom. The van der Waals surface area contributed by atoms with Gasteiger partial charge in [0.15, 0.2) is 5.69 Å². The summed E-state index contributed by atoms with van der Waals surface area (Å²) in [5.74, 6) is -0.180. The SMILES string of the molecule is CN1CCN(Cc2nc(C(=O)O)c3ccccn23)CC1. The van der Waals surface area contributed by atoms with Crippen molar-refractivity contribution < 1.29 is 9.90 Å². The first kappa shape index (κ1) is 13.1. The van der Waals surface area contributed by atoms with Crippen molar-refractivity contribution in [2.24, 2.45) is 0 Å². The van der Waals surface area contributed by atoms with Crippen LogP contribution in [-0.4, -0.2) is 63.5 Å². The Labute approximate surface area is 117 Å². The molecule has 1 saturated heterocycles. The Morgan fingerprint density at radius 2 is 2.05 bits per heavy atom. The van der Waals surface area contributed by atoms with E-state index < -0.39 is 5.97 Å². The van der Waals surface area contributed by atoms with Crippen molar-refractivity contribution in [1.82, 2.24) is 19.2 Å². The molecule has 0 radical (unpaired) electrons. The number of likely N-dealkylation sites (N-methyl/N-ethyl adjacent to an activating group) is 1. The number of piperazine rings is 1. The van der Waals surface area contributed by atoms with Crippen LogP contribution in [0.3, 0.4) is 0 Å². The topological polar surface area (TPSA) is 61.1 Å². The molecule has 6 heteroatoms. The summed E-state index contributed by atoms with van der Waals surface area (Å²) in [6.07, 6.45) is 1.88. The lowest BCUT2D eigenvalue weighted by atomic mass is 10.3. The van der Waals surface area contributed by atoms with Gasteiger partial charge in [-0.15, -0.1) is 0 Å². The molecule has 0 spiro atoms. The number of aromatic nitrogens is 2. The fraction of sp³-hybridized carbons (Fsp3) is 0.429. The third-order valence-corrected chi connectivity index (χ3v) is 3.78. The van der Waals surface area contributed by atoms with E-state index in [4.69, 9.17) is 0 Å². The smallest absolute Gasteiger partial charge is 0.356 e.